The summed E-state index contributed by atoms with van der Waals surface area (Å²) in [6, 6.07) is 3.60. The zero-order valence-electron chi connectivity index (χ0n) is 13.7. The van der Waals surface area contributed by atoms with Crippen molar-refractivity contribution in [2.45, 2.75) is 44.4 Å². The van der Waals surface area contributed by atoms with Gasteiger partial charge in [0.05, 0.1) is 28.9 Å². The third kappa shape index (κ3) is 2.20. The minimum absolute atomic E-state index is 0.00193. The molecule has 2 aliphatic heterocycles. The average molecular weight is 359 g/mol. The molecule has 2 fully saturated rings. The number of urea groups is 1. The van der Waals surface area contributed by atoms with E-state index in [2.05, 4.69) is 5.32 Å². The molecule has 8 heteroatoms. The highest BCUT2D eigenvalue weighted by Gasteiger charge is 2.51. The summed E-state index contributed by atoms with van der Waals surface area (Å²) in [5.74, 6) is 0.566. The van der Waals surface area contributed by atoms with Crippen molar-refractivity contribution < 1.29 is 19.1 Å². The molecule has 130 valence electrons. The Morgan fingerprint density at radius 2 is 2.32 bits per heavy atom. The van der Waals surface area contributed by atoms with Gasteiger partial charge in [-0.15, -0.1) is 0 Å². The summed E-state index contributed by atoms with van der Waals surface area (Å²) < 4.78 is 12.1. The number of fused-ring (bicyclic) bond motifs is 4. The van der Waals surface area contributed by atoms with Crippen molar-refractivity contribution in [1.82, 2.24) is 10.3 Å². The van der Waals surface area contributed by atoms with E-state index in [-0.39, 0.29) is 30.2 Å². The number of nitrogens with zero attached hydrogens (tertiary/aromatic N) is 2. The van der Waals surface area contributed by atoms with E-state index < -0.39 is 0 Å². The lowest BCUT2D eigenvalue weighted by atomic mass is 10.1. The third-order valence-electron chi connectivity index (χ3n) is 5.13. The van der Waals surface area contributed by atoms with E-state index in [9.17, 15) is 9.59 Å². The Hall–Kier alpha value is -2.35. The minimum atomic E-state index is -0.316. The maximum Gasteiger partial charge on any atom is 0.324 e. The number of nitrogens with one attached hydrogen (secondary N) is 1. The number of benzene rings is 1. The van der Waals surface area contributed by atoms with Gasteiger partial charge in [0.15, 0.2) is 5.13 Å². The van der Waals surface area contributed by atoms with E-state index in [1.165, 1.54) is 18.3 Å². The van der Waals surface area contributed by atoms with Crippen LogP contribution in [0.15, 0.2) is 12.1 Å². The van der Waals surface area contributed by atoms with E-state index in [1.54, 1.807) is 4.90 Å². The maximum atomic E-state index is 12.5. The monoisotopic (exact) mass is 359 g/mol. The van der Waals surface area contributed by atoms with Crippen molar-refractivity contribution in [3.8, 4) is 5.75 Å². The molecule has 1 saturated heterocycles. The molecule has 3 heterocycles. The normalized spacial score (nSPS) is 27.2. The molecule has 1 aromatic carbocycles. The van der Waals surface area contributed by atoms with Crippen LogP contribution in [0, 0.1) is 0 Å². The number of anilines is 1. The summed E-state index contributed by atoms with van der Waals surface area (Å²) in [5, 5.41) is 3.65. The number of carbonyl (C=O) groups excluding carboxylic acids is 2. The first kappa shape index (κ1) is 14.9. The van der Waals surface area contributed by atoms with Gasteiger partial charge in [-0.1, -0.05) is 11.3 Å². The van der Waals surface area contributed by atoms with Gasteiger partial charge in [-0.05, 0) is 25.0 Å². The summed E-state index contributed by atoms with van der Waals surface area (Å²) in [6.07, 6.45) is 2.10. The van der Waals surface area contributed by atoms with Crippen LogP contribution in [0.3, 0.4) is 0 Å². The molecule has 1 aliphatic carbocycles. The van der Waals surface area contributed by atoms with Crippen LogP contribution in [-0.2, 0) is 16.0 Å². The van der Waals surface area contributed by atoms with Gasteiger partial charge in [0.1, 0.15) is 11.9 Å². The Balaban J connectivity index is 1.56. The molecule has 3 atom stereocenters. The summed E-state index contributed by atoms with van der Waals surface area (Å²) in [6.45, 7) is 2.08. The molecule has 2 amide bonds. The van der Waals surface area contributed by atoms with Gasteiger partial charge in [0.2, 0.25) is 0 Å². The van der Waals surface area contributed by atoms with E-state index in [0.717, 1.165) is 40.8 Å². The molecule has 1 N–H and O–H groups in total. The van der Waals surface area contributed by atoms with Gasteiger partial charge < -0.3 is 14.8 Å². The summed E-state index contributed by atoms with van der Waals surface area (Å²) in [7, 11) is 0. The van der Waals surface area contributed by atoms with Crippen LogP contribution in [-0.4, -0.2) is 41.8 Å². The smallest absolute Gasteiger partial charge is 0.324 e. The molecular weight excluding hydrogens is 342 g/mol. The van der Waals surface area contributed by atoms with Crippen LogP contribution in [0.1, 0.15) is 25.3 Å². The van der Waals surface area contributed by atoms with Gasteiger partial charge in [-0.3, -0.25) is 9.69 Å². The van der Waals surface area contributed by atoms with Crippen LogP contribution >= 0.6 is 11.3 Å². The van der Waals surface area contributed by atoms with Crippen LogP contribution in [0.2, 0.25) is 0 Å². The Bertz CT molecular complexity index is 895. The number of hydrogen-bond acceptors (Lipinski definition) is 6. The number of esters is 1. The lowest BCUT2D eigenvalue weighted by Gasteiger charge is -2.25. The molecule has 5 rings (SSSR count). The van der Waals surface area contributed by atoms with Crippen molar-refractivity contribution in [2.24, 2.45) is 0 Å². The SMILES string of the molecule is CC(=O)O[C@H]1CC[C@@H]2NC(=O)N(c3nc4c5c(ccc4s3)OCC5)[C@@H]21. The quantitative estimate of drug-likeness (QED) is 0.832. The summed E-state index contributed by atoms with van der Waals surface area (Å²) >= 11 is 1.49. The maximum absolute atomic E-state index is 12.5. The van der Waals surface area contributed by atoms with Crippen molar-refractivity contribution in [3.63, 3.8) is 0 Å². The Labute approximate surface area is 147 Å². The molecule has 0 bridgehead atoms. The van der Waals surface area contributed by atoms with Crippen molar-refractivity contribution in [3.05, 3.63) is 17.7 Å². The highest BCUT2D eigenvalue weighted by molar-refractivity contribution is 7.22. The Morgan fingerprint density at radius 1 is 1.44 bits per heavy atom. The first-order valence-corrected chi connectivity index (χ1v) is 9.25. The highest BCUT2D eigenvalue weighted by atomic mass is 32.1. The predicted molar refractivity (Wildman–Crippen MR) is 92.2 cm³/mol. The zero-order chi connectivity index (χ0) is 17.1. The lowest BCUT2D eigenvalue weighted by Crippen LogP contribution is -2.43. The number of aromatic nitrogens is 1. The second kappa shape index (κ2) is 5.32. The molecule has 0 radical (unpaired) electrons. The molecule has 2 aromatic rings. The molecule has 3 aliphatic rings. The van der Waals surface area contributed by atoms with Crippen LogP contribution in [0.5, 0.6) is 5.75 Å². The van der Waals surface area contributed by atoms with Gasteiger partial charge >= 0.3 is 12.0 Å². The van der Waals surface area contributed by atoms with Crippen LogP contribution in [0.4, 0.5) is 9.93 Å². The molecule has 1 aromatic heterocycles. The topological polar surface area (TPSA) is 80.8 Å². The number of ether oxygens (including phenoxy) is 2. The fourth-order valence-corrected chi connectivity index (χ4v) is 5.17. The van der Waals surface area contributed by atoms with E-state index in [0.29, 0.717) is 11.7 Å². The van der Waals surface area contributed by atoms with Crippen LogP contribution < -0.4 is 15.0 Å². The molecule has 0 unspecified atom stereocenters. The van der Waals surface area contributed by atoms with Gasteiger partial charge in [0.25, 0.3) is 0 Å². The van der Waals surface area contributed by atoms with Crippen molar-refractivity contribution >= 4 is 38.7 Å². The van der Waals surface area contributed by atoms with Crippen molar-refractivity contribution in [1.29, 1.82) is 0 Å². The highest BCUT2D eigenvalue weighted by Crippen LogP contribution is 2.41. The first-order valence-electron chi connectivity index (χ1n) is 8.44. The van der Waals surface area contributed by atoms with E-state index >= 15 is 0 Å². The molecule has 1 saturated carbocycles. The molecule has 25 heavy (non-hydrogen) atoms. The molecule has 7 nitrogen and oxygen atoms in total. The number of carbonyl (C=O) groups is 2. The standard InChI is InChI=1S/C17H17N3O4S/c1-8(21)24-12-3-2-10-15(12)20(16(22)18-10)17-19-14-9-6-7-23-11(9)4-5-13(14)25-17/h4-5,10,12,15H,2-3,6-7H2,1H3,(H,18,22)/t10-,12-,15-/m0/s1. The van der Waals surface area contributed by atoms with Gasteiger partial charge in [-0.2, -0.15) is 0 Å². The fraction of sp³-hybridized carbons (Fsp3) is 0.471. The van der Waals surface area contributed by atoms with Gasteiger partial charge in [-0.25, -0.2) is 9.78 Å². The zero-order valence-corrected chi connectivity index (χ0v) is 14.5. The third-order valence-corrected chi connectivity index (χ3v) is 6.15. The largest absolute Gasteiger partial charge is 0.493 e. The minimum Gasteiger partial charge on any atom is -0.493 e. The Morgan fingerprint density at radius 3 is 3.16 bits per heavy atom. The van der Waals surface area contributed by atoms with E-state index in [4.69, 9.17) is 14.5 Å². The predicted octanol–water partition coefficient (Wildman–Crippen LogP) is 2.22. The number of rotatable bonds is 2. The average Bonchev–Trinajstić information content (AvgIpc) is 3.29. The first-order chi connectivity index (χ1) is 12.1. The molecular formula is C17H17N3O4S. The second-order valence-corrected chi connectivity index (χ2v) is 7.63. The summed E-state index contributed by atoms with van der Waals surface area (Å²) in [4.78, 5) is 30.4. The van der Waals surface area contributed by atoms with Gasteiger partial charge in [0, 0.05) is 18.9 Å². The Kier molecular flexibility index (Phi) is 3.18. The van der Waals surface area contributed by atoms with Crippen LogP contribution in [0.25, 0.3) is 10.2 Å². The number of thiazole rings is 1. The van der Waals surface area contributed by atoms with Crippen molar-refractivity contribution in [2.75, 3.05) is 11.5 Å². The molecule has 0 spiro atoms. The number of hydrogen-bond donors (Lipinski definition) is 1. The number of amides is 2. The lowest BCUT2D eigenvalue weighted by molar-refractivity contribution is -0.146. The fourth-order valence-electron chi connectivity index (χ4n) is 4.13. The summed E-state index contributed by atoms with van der Waals surface area (Å²) in [5.41, 5.74) is 2.02. The van der Waals surface area contributed by atoms with E-state index in [1.807, 2.05) is 12.1 Å². The second-order valence-electron chi connectivity index (χ2n) is 6.63.